The number of aromatic nitrogens is 2. The third-order valence-corrected chi connectivity index (χ3v) is 5.71. The van der Waals surface area contributed by atoms with E-state index in [9.17, 15) is 9.59 Å². The highest BCUT2D eigenvalue weighted by molar-refractivity contribution is 7.80. The molecule has 1 aliphatic heterocycles. The maximum Gasteiger partial charge on any atom is 0.287 e. The minimum absolute atomic E-state index is 0.00865. The molecule has 0 atom stereocenters. The summed E-state index contributed by atoms with van der Waals surface area (Å²) in [7, 11) is 0. The highest BCUT2D eigenvalue weighted by Crippen LogP contribution is 2.29. The molecular weight excluding hydrogens is 384 g/mol. The molecule has 7 nitrogen and oxygen atoms in total. The van der Waals surface area contributed by atoms with Crippen molar-refractivity contribution in [1.29, 1.82) is 0 Å². The van der Waals surface area contributed by atoms with E-state index in [0.29, 0.717) is 21.8 Å². The van der Waals surface area contributed by atoms with Crippen LogP contribution in [-0.2, 0) is 6.54 Å². The number of hydrogen-bond acceptors (Lipinski definition) is 6. The number of hydrogen-bond donors (Lipinski definition) is 3. The zero-order valence-electron chi connectivity index (χ0n) is 14.6. The number of thiocarbonyl (C=S) groups is 1. The molecule has 138 valence electrons. The maximum absolute atomic E-state index is 12.4. The average molecular weight is 400 g/mol. The van der Waals surface area contributed by atoms with Crippen molar-refractivity contribution >= 4 is 50.4 Å². The first-order valence-electron chi connectivity index (χ1n) is 8.26. The Morgan fingerprint density at radius 2 is 2.22 bits per heavy atom. The Morgan fingerprint density at radius 1 is 1.41 bits per heavy atom. The first kappa shape index (κ1) is 17.6. The molecule has 3 N–H and O–H groups in total. The van der Waals surface area contributed by atoms with Gasteiger partial charge in [-0.15, -0.1) is 11.3 Å². The lowest BCUT2D eigenvalue weighted by atomic mass is 10.1. The Kier molecular flexibility index (Phi) is 4.40. The number of aryl methyl sites for hydroxylation is 2. The van der Waals surface area contributed by atoms with Gasteiger partial charge in [-0.3, -0.25) is 9.59 Å². The van der Waals surface area contributed by atoms with Crippen molar-refractivity contribution in [3.05, 3.63) is 50.4 Å². The molecule has 9 heteroatoms. The van der Waals surface area contributed by atoms with E-state index in [4.69, 9.17) is 17.0 Å². The van der Waals surface area contributed by atoms with Crippen molar-refractivity contribution in [3.8, 4) is 5.75 Å². The number of rotatable bonds is 3. The Hall–Kier alpha value is -2.78. The van der Waals surface area contributed by atoms with Gasteiger partial charge in [-0.1, -0.05) is 18.3 Å². The second kappa shape index (κ2) is 6.75. The number of benzene rings is 1. The first-order valence-corrected chi connectivity index (χ1v) is 9.48. The Labute approximate surface area is 163 Å². The Balaban J connectivity index is 1.53. The molecule has 0 unspecified atom stereocenters. The fourth-order valence-electron chi connectivity index (χ4n) is 2.87. The largest absolute Gasteiger partial charge is 0.484 e. The predicted octanol–water partition coefficient (Wildman–Crippen LogP) is 2.66. The smallest absolute Gasteiger partial charge is 0.287 e. The SMILES string of the molecule is Cc1sc2nc(C(=O)NCc3ccc4c(c3)NC(=S)CO4)[nH]c(=O)c2c1C. The fraction of sp³-hybridized carbons (Fsp3) is 0.222. The van der Waals surface area contributed by atoms with Crippen LogP contribution in [0.25, 0.3) is 10.2 Å². The summed E-state index contributed by atoms with van der Waals surface area (Å²) in [6.45, 7) is 4.46. The number of fused-ring (bicyclic) bond motifs is 2. The van der Waals surface area contributed by atoms with Crippen LogP contribution in [0.5, 0.6) is 5.75 Å². The number of aromatic amines is 1. The number of carbonyl (C=O) groups excluding carboxylic acids is 1. The zero-order valence-corrected chi connectivity index (χ0v) is 16.3. The summed E-state index contributed by atoms with van der Waals surface area (Å²) in [6, 6.07) is 5.56. The standard InChI is InChI=1S/C18H16N4O3S2/c1-8-9(2)27-18-14(8)16(23)21-15(22-18)17(24)19-6-10-3-4-12-11(5-10)20-13(26)7-25-12/h3-5H,6-7H2,1-2H3,(H,19,24)(H,20,26)(H,21,22,23). The zero-order chi connectivity index (χ0) is 19.1. The molecule has 1 aliphatic rings. The van der Waals surface area contributed by atoms with Gasteiger partial charge in [0.2, 0.25) is 5.82 Å². The Morgan fingerprint density at radius 3 is 3.04 bits per heavy atom. The molecule has 2 aromatic heterocycles. The summed E-state index contributed by atoms with van der Waals surface area (Å²) in [6.07, 6.45) is 0. The van der Waals surface area contributed by atoms with Crippen molar-refractivity contribution in [2.45, 2.75) is 20.4 Å². The molecule has 1 aromatic carbocycles. The molecule has 27 heavy (non-hydrogen) atoms. The second-order valence-electron chi connectivity index (χ2n) is 6.23. The van der Waals surface area contributed by atoms with E-state index < -0.39 is 5.91 Å². The number of nitrogens with zero attached hydrogens (tertiary/aromatic N) is 1. The fourth-order valence-corrected chi connectivity index (χ4v) is 4.07. The molecule has 0 fully saturated rings. The van der Waals surface area contributed by atoms with Gasteiger partial charge in [0.05, 0.1) is 11.1 Å². The van der Waals surface area contributed by atoms with E-state index >= 15 is 0 Å². The van der Waals surface area contributed by atoms with Crippen LogP contribution >= 0.6 is 23.6 Å². The summed E-state index contributed by atoms with van der Waals surface area (Å²) in [5, 5.41) is 6.42. The maximum atomic E-state index is 12.4. The topological polar surface area (TPSA) is 96.1 Å². The molecule has 1 amide bonds. The quantitative estimate of drug-likeness (QED) is 0.585. The van der Waals surface area contributed by atoms with Gasteiger partial charge in [0.25, 0.3) is 11.5 Å². The summed E-state index contributed by atoms with van der Waals surface area (Å²) >= 11 is 6.52. The Bertz CT molecular complexity index is 1150. The monoisotopic (exact) mass is 400 g/mol. The number of H-pyrrole nitrogens is 1. The van der Waals surface area contributed by atoms with Gasteiger partial charge in [-0.25, -0.2) is 4.98 Å². The van der Waals surface area contributed by atoms with Gasteiger partial charge in [-0.2, -0.15) is 0 Å². The number of ether oxygens (including phenoxy) is 1. The number of carbonyl (C=O) groups is 1. The molecular formula is C18H16N4O3S2. The van der Waals surface area contributed by atoms with Gasteiger partial charge in [0.1, 0.15) is 22.2 Å². The van der Waals surface area contributed by atoms with Crippen molar-refractivity contribution in [3.63, 3.8) is 0 Å². The number of amides is 1. The van der Waals surface area contributed by atoms with Gasteiger partial charge in [0.15, 0.2) is 0 Å². The molecule has 0 bridgehead atoms. The van der Waals surface area contributed by atoms with Crippen molar-refractivity contribution in [1.82, 2.24) is 15.3 Å². The molecule has 0 radical (unpaired) electrons. The third-order valence-electron chi connectivity index (χ3n) is 4.38. The van der Waals surface area contributed by atoms with Gasteiger partial charge >= 0.3 is 0 Å². The molecule has 0 spiro atoms. The number of anilines is 1. The van der Waals surface area contributed by atoms with Crippen LogP contribution in [-0.4, -0.2) is 27.5 Å². The van der Waals surface area contributed by atoms with Crippen molar-refractivity contribution < 1.29 is 9.53 Å². The summed E-state index contributed by atoms with van der Waals surface area (Å²) < 4.78 is 5.51. The summed E-state index contributed by atoms with van der Waals surface area (Å²) in [4.78, 5) is 33.8. The van der Waals surface area contributed by atoms with Gasteiger partial charge in [-0.05, 0) is 37.1 Å². The van der Waals surface area contributed by atoms with Crippen LogP contribution in [0, 0.1) is 13.8 Å². The molecule has 0 saturated carbocycles. The van der Waals surface area contributed by atoms with Crippen LogP contribution in [0.15, 0.2) is 23.0 Å². The summed E-state index contributed by atoms with van der Waals surface area (Å²) in [5.41, 5.74) is 2.25. The van der Waals surface area contributed by atoms with Crippen molar-refractivity contribution in [2.75, 3.05) is 11.9 Å². The highest BCUT2D eigenvalue weighted by atomic mass is 32.1. The average Bonchev–Trinajstić information content (AvgIpc) is 2.93. The highest BCUT2D eigenvalue weighted by Gasteiger charge is 2.17. The van der Waals surface area contributed by atoms with E-state index in [1.807, 2.05) is 32.0 Å². The lowest BCUT2D eigenvalue weighted by Crippen LogP contribution is -2.28. The van der Waals surface area contributed by atoms with Crippen LogP contribution in [0.2, 0.25) is 0 Å². The summed E-state index contributed by atoms with van der Waals surface area (Å²) in [5.74, 6) is 0.295. The first-order chi connectivity index (χ1) is 12.9. The van der Waals surface area contributed by atoms with Gasteiger partial charge in [0, 0.05) is 11.4 Å². The van der Waals surface area contributed by atoms with Crippen LogP contribution < -0.4 is 20.9 Å². The van der Waals surface area contributed by atoms with E-state index in [1.165, 1.54) is 11.3 Å². The minimum Gasteiger partial charge on any atom is -0.484 e. The van der Waals surface area contributed by atoms with E-state index in [1.54, 1.807) is 0 Å². The molecule has 3 heterocycles. The minimum atomic E-state index is -0.435. The lowest BCUT2D eigenvalue weighted by molar-refractivity contribution is 0.0940. The third kappa shape index (κ3) is 3.31. The molecule has 3 aromatic rings. The molecule has 4 rings (SSSR count). The second-order valence-corrected chi connectivity index (χ2v) is 7.92. The van der Waals surface area contributed by atoms with E-state index in [-0.39, 0.29) is 17.9 Å². The van der Waals surface area contributed by atoms with E-state index in [0.717, 1.165) is 27.4 Å². The molecule has 0 aliphatic carbocycles. The van der Waals surface area contributed by atoms with E-state index in [2.05, 4.69) is 20.6 Å². The van der Waals surface area contributed by atoms with Crippen LogP contribution in [0.3, 0.4) is 0 Å². The lowest BCUT2D eigenvalue weighted by Gasteiger charge is -2.20. The predicted molar refractivity (Wildman–Crippen MR) is 109 cm³/mol. The molecule has 0 saturated heterocycles. The van der Waals surface area contributed by atoms with Crippen LogP contribution in [0.1, 0.15) is 26.6 Å². The normalized spacial score (nSPS) is 13.0. The van der Waals surface area contributed by atoms with Gasteiger partial charge < -0.3 is 20.4 Å². The van der Waals surface area contributed by atoms with Crippen molar-refractivity contribution in [2.24, 2.45) is 0 Å². The van der Waals surface area contributed by atoms with Crippen LogP contribution in [0.4, 0.5) is 5.69 Å². The number of nitrogens with one attached hydrogen (secondary N) is 3. The number of thiophene rings is 1.